The Balaban J connectivity index is 1.65. The van der Waals surface area contributed by atoms with Gasteiger partial charge >= 0.3 is 0 Å². The van der Waals surface area contributed by atoms with Crippen molar-refractivity contribution in [3.8, 4) is 5.69 Å². The molecule has 2 aromatic carbocycles. The van der Waals surface area contributed by atoms with E-state index in [1.165, 1.54) is 5.56 Å². The van der Waals surface area contributed by atoms with Crippen LogP contribution in [0.25, 0.3) is 5.69 Å². The molecule has 26 heavy (non-hydrogen) atoms. The molecule has 1 atom stereocenters. The van der Waals surface area contributed by atoms with Gasteiger partial charge in [0.2, 0.25) is 0 Å². The minimum atomic E-state index is 0.0281. The van der Waals surface area contributed by atoms with Crippen LogP contribution < -0.4 is 4.90 Å². The number of amides is 1. The molecule has 0 bridgehead atoms. The van der Waals surface area contributed by atoms with Gasteiger partial charge in [0, 0.05) is 17.3 Å². The number of halogens is 1. The zero-order chi connectivity index (χ0) is 18.4. The van der Waals surface area contributed by atoms with Crippen LogP contribution in [-0.4, -0.2) is 21.7 Å². The minimum absolute atomic E-state index is 0.0281. The van der Waals surface area contributed by atoms with E-state index in [-0.39, 0.29) is 11.9 Å². The fourth-order valence-electron chi connectivity index (χ4n) is 3.63. The Hall–Kier alpha value is -2.59. The Morgan fingerprint density at radius 2 is 1.81 bits per heavy atom. The van der Waals surface area contributed by atoms with Gasteiger partial charge in [0.15, 0.2) is 0 Å². The zero-order valence-electron chi connectivity index (χ0n) is 15.0. The van der Waals surface area contributed by atoms with Crippen LogP contribution in [-0.2, 0) is 6.42 Å². The smallest absolute Gasteiger partial charge is 0.258 e. The highest BCUT2D eigenvalue weighted by atomic mass is 35.5. The summed E-state index contributed by atoms with van der Waals surface area (Å²) in [4.78, 5) is 15.0. The van der Waals surface area contributed by atoms with Crippen LogP contribution in [0.15, 0.2) is 48.5 Å². The summed E-state index contributed by atoms with van der Waals surface area (Å²) < 4.78 is 1.81. The van der Waals surface area contributed by atoms with E-state index in [4.69, 9.17) is 11.6 Å². The number of carbonyl (C=O) groups excluding carboxylic acids is 1. The Kier molecular flexibility index (Phi) is 4.08. The third-order valence-corrected chi connectivity index (χ3v) is 5.53. The predicted octanol–water partition coefficient (Wildman–Crippen LogP) is 4.73. The van der Waals surface area contributed by atoms with E-state index in [2.05, 4.69) is 18.1 Å². The summed E-state index contributed by atoms with van der Waals surface area (Å²) in [5.74, 6) is 0.0281. The number of hydrogen-bond acceptors (Lipinski definition) is 2. The van der Waals surface area contributed by atoms with Crippen molar-refractivity contribution in [3.05, 3.63) is 76.1 Å². The van der Waals surface area contributed by atoms with Crippen LogP contribution in [0.4, 0.5) is 5.69 Å². The van der Waals surface area contributed by atoms with E-state index in [9.17, 15) is 4.79 Å². The van der Waals surface area contributed by atoms with Crippen molar-refractivity contribution in [1.82, 2.24) is 9.78 Å². The molecule has 1 amide bonds. The molecular formula is C21H20ClN3O. The van der Waals surface area contributed by atoms with Crippen LogP contribution >= 0.6 is 11.6 Å². The summed E-state index contributed by atoms with van der Waals surface area (Å²) in [6.07, 6.45) is 0.893. The molecule has 4 rings (SSSR count). The van der Waals surface area contributed by atoms with Crippen molar-refractivity contribution in [2.24, 2.45) is 0 Å². The number of benzene rings is 2. The van der Waals surface area contributed by atoms with Crippen molar-refractivity contribution in [1.29, 1.82) is 0 Å². The van der Waals surface area contributed by atoms with Gasteiger partial charge in [-0.1, -0.05) is 29.8 Å². The minimum Gasteiger partial charge on any atom is -0.305 e. The van der Waals surface area contributed by atoms with Gasteiger partial charge in [-0.2, -0.15) is 5.10 Å². The molecule has 0 N–H and O–H groups in total. The standard InChI is InChI=1S/C21H20ClN3O/c1-13-12-17-6-4-5-7-19(17)24(13)21(26)16-8-10-18(11-9-16)25-15(3)20(22)14(2)23-25/h4-11,13H,12H2,1-3H3. The quantitative estimate of drug-likeness (QED) is 0.658. The van der Waals surface area contributed by atoms with Gasteiger partial charge in [-0.25, -0.2) is 4.68 Å². The first-order valence-electron chi connectivity index (χ1n) is 8.71. The average molecular weight is 366 g/mol. The molecule has 4 nitrogen and oxygen atoms in total. The Bertz CT molecular complexity index is 991. The second kappa shape index (κ2) is 6.29. The molecule has 0 fully saturated rings. The van der Waals surface area contributed by atoms with Gasteiger partial charge in [-0.05, 0) is 63.1 Å². The Morgan fingerprint density at radius 1 is 1.12 bits per heavy atom. The Labute approximate surface area is 158 Å². The molecular weight excluding hydrogens is 346 g/mol. The maximum absolute atomic E-state index is 13.1. The van der Waals surface area contributed by atoms with Gasteiger partial charge in [-0.15, -0.1) is 0 Å². The van der Waals surface area contributed by atoms with Crippen molar-refractivity contribution in [2.75, 3.05) is 4.90 Å². The van der Waals surface area contributed by atoms with Crippen molar-refractivity contribution in [2.45, 2.75) is 33.2 Å². The second-order valence-corrected chi connectivity index (χ2v) is 7.18. The van der Waals surface area contributed by atoms with E-state index in [1.54, 1.807) is 4.68 Å². The molecule has 0 saturated carbocycles. The topological polar surface area (TPSA) is 38.1 Å². The molecule has 1 aromatic heterocycles. The van der Waals surface area contributed by atoms with Crippen molar-refractivity contribution in [3.63, 3.8) is 0 Å². The highest BCUT2D eigenvalue weighted by Crippen LogP contribution is 2.33. The van der Waals surface area contributed by atoms with Gasteiger partial charge in [0.25, 0.3) is 5.91 Å². The number of para-hydroxylation sites is 1. The average Bonchev–Trinajstić information content (AvgIpc) is 3.12. The lowest BCUT2D eigenvalue weighted by Gasteiger charge is -2.23. The van der Waals surface area contributed by atoms with Crippen molar-refractivity contribution < 1.29 is 4.79 Å². The van der Waals surface area contributed by atoms with E-state index < -0.39 is 0 Å². The van der Waals surface area contributed by atoms with Crippen LogP contribution in [0.2, 0.25) is 5.02 Å². The van der Waals surface area contributed by atoms with Gasteiger partial charge in [-0.3, -0.25) is 4.79 Å². The highest BCUT2D eigenvalue weighted by molar-refractivity contribution is 6.31. The maximum Gasteiger partial charge on any atom is 0.258 e. The first-order valence-corrected chi connectivity index (χ1v) is 9.09. The SMILES string of the molecule is Cc1nn(-c2ccc(C(=O)N3c4ccccc4CC3C)cc2)c(C)c1Cl. The van der Waals surface area contributed by atoms with E-state index in [0.29, 0.717) is 10.6 Å². The fraction of sp³-hybridized carbons (Fsp3) is 0.238. The number of aromatic nitrogens is 2. The largest absolute Gasteiger partial charge is 0.305 e. The van der Waals surface area contributed by atoms with Crippen LogP contribution in [0.5, 0.6) is 0 Å². The number of fused-ring (bicyclic) bond motifs is 1. The third-order valence-electron chi connectivity index (χ3n) is 4.99. The summed E-state index contributed by atoms with van der Waals surface area (Å²) in [5.41, 5.74) is 5.49. The van der Waals surface area contributed by atoms with E-state index in [1.807, 2.05) is 61.2 Å². The molecule has 1 unspecified atom stereocenters. The molecule has 2 heterocycles. The molecule has 0 saturated heterocycles. The van der Waals surface area contributed by atoms with Crippen LogP contribution in [0, 0.1) is 13.8 Å². The molecule has 0 radical (unpaired) electrons. The number of anilines is 1. The predicted molar refractivity (Wildman–Crippen MR) is 104 cm³/mol. The van der Waals surface area contributed by atoms with Gasteiger partial charge < -0.3 is 4.90 Å². The maximum atomic E-state index is 13.1. The number of nitrogens with zero attached hydrogens (tertiary/aromatic N) is 3. The van der Waals surface area contributed by atoms with Gasteiger partial charge in [0.1, 0.15) is 0 Å². The van der Waals surface area contributed by atoms with Crippen LogP contribution in [0.1, 0.15) is 34.2 Å². The third kappa shape index (κ3) is 2.61. The molecule has 1 aliphatic rings. The molecule has 0 aliphatic carbocycles. The monoisotopic (exact) mass is 365 g/mol. The summed E-state index contributed by atoms with van der Waals surface area (Å²) in [6.45, 7) is 5.91. The summed E-state index contributed by atoms with van der Waals surface area (Å²) in [5, 5.41) is 5.14. The Morgan fingerprint density at radius 3 is 2.46 bits per heavy atom. The normalized spacial score (nSPS) is 16.0. The fourth-order valence-corrected chi connectivity index (χ4v) is 3.75. The molecule has 5 heteroatoms. The summed E-state index contributed by atoms with van der Waals surface area (Å²) in [7, 11) is 0. The molecule has 3 aromatic rings. The summed E-state index contributed by atoms with van der Waals surface area (Å²) in [6, 6.07) is 15.8. The van der Waals surface area contributed by atoms with E-state index >= 15 is 0 Å². The molecule has 0 spiro atoms. The van der Waals surface area contributed by atoms with Gasteiger partial charge in [0.05, 0.1) is 22.1 Å². The lowest BCUT2D eigenvalue weighted by molar-refractivity contribution is 0.0981. The number of rotatable bonds is 2. The molecule has 1 aliphatic heterocycles. The second-order valence-electron chi connectivity index (χ2n) is 6.80. The number of hydrogen-bond donors (Lipinski definition) is 0. The highest BCUT2D eigenvalue weighted by Gasteiger charge is 2.31. The zero-order valence-corrected chi connectivity index (χ0v) is 15.8. The number of aryl methyl sites for hydroxylation is 1. The molecule has 132 valence electrons. The lowest BCUT2D eigenvalue weighted by Crippen LogP contribution is -2.35. The van der Waals surface area contributed by atoms with Crippen molar-refractivity contribution >= 4 is 23.2 Å². The first-order chi connectivity index (χ1) is 12.5. The van der Waals surface area contributed by atoms with E-state index in [0.717, 1.165) is 29.2 Å². The lowest BCUT2D eigenvalue weighted by atomic mass is 10.1. The van der Waals surface area contributed by atoms with Crippen LogP contribution in [0.3, 0.4) is 0 Å². The summed E-state index contributed by atoms with van der Waals surface area (Å²) >= 11 is 6.24. The first kappa shape index (κ1) is 16.9. The number of carbonyl (C=O) groups is 1.